The quantitative estimate of drug-likeness (QED) is 0.622. The summed E-state index contributed by atoms with van der Waals surface area (Å²) in [6, 6.07) is 15.9. The Balaban J connectivity index is 1.76. The van der Waals surface area contributed by atoms with Crippen LogP contribution in [0.3, 0.4) is 0 Å². The van der Waals surface area contributed by atoms with Crippen molar-refractivity contribution in [2.45, 2.75) is 27.3 Å². The zero-order valence-electron chi connectivity index (χ0n) is 15.7. The highest BCUT2D eigenvalue weighted by Gasteiger charge is 2.12. The van der Waals surface area contributed by atoms with E-state index in [1.165, 1.54) is 6.08 Å². The largest absolute Gasteiger partial charge is 0.322 e. The predicted molar refractivity (Wildman–Crippen MR) is 111 cm³/mol. The van der Waals surface area contributed by atoms with E-state index in [1.807, 2.05) is 69.3 Å². The number of hydrogen-bond acceptors (Lipinski definition) is 2. The maximum absolute atomic E-state index is 12.3. The van der Waals surface area contributed by atoms with E-state index in [1.54, 1.807) is 10.8 Å². The fraction of sp³-hybridized carbons (Fsp3) is 0.182. The van der Waals surface area contributed by atoms with Crippen molar-refractivity contribution >= 4 is 29.3 Å². The number of nitrogens with zero attached hydrogens (tertiary/aromatic N) is 2. The second kappa shape index (κ2) is 8.23. The Hall–Kier alpha value is -2.85. The molecule has 5 heteroatoms. The Morgan fingerprint density at radius 3 is 2.41 bits per heavy atom. The lowest BCUT2D eigenvalue weighted by molar-refractivity contribution is -0.111. The van der Waals surface area contributed by atoms with Crippen molar-refractivity contribution in [1.29, 1.82) is 0 Å². The van der Waals surface area contributed by atoms with Gasteiger partial charge in [0.25, 0.3) is 0 Å². The maximum atomic E-state index is 12.3. The number of carbonyl (C=O) groups is 1. The molecule has 0 radical (unpaired) electrons. The first-order chi connectivity index (χ1) is 13.0. The number of para-hydroxylation sites is 1. The molecule has 27 heavy (non-hydrogen) atoms. The summed E-state index contributed by atoms with van der Waals surface area (Å²) in [5.41, 5.74) is 5.56. The molecule has 1 heterocycles. The fourth-order valence-corrected chi connectivity index (χ4v) is 3.25. The number of nitrogens with one attached hydrogen (secondary N) is 1. The van der Waals surface area contributed by atoms with Crippen molar-refractivity contribution in [3.05, 3.63) is 87.7 Å². The van der Waals surface area contributed by atoms with Crippen LogP contribution in [0.5, 0.6) is 0 Å². The van der Waals surface area contributed by atoms with E-state index in [9.17, 15) is 4.79 Å². The van der Waals surface area contributed by atoms with Crippen LogP contribution in [0, 0.1) is 20.8 Å². The average molecular weight is 380 g/mol. The molecule has 0 saturated carbocycles. The SMILES string of the molecule is Cc1cccc(C)c1NC(=O)/C=C/c1c(C)nn(Cc2ccccc2)c1Cl. The molecule has 0 aliphatic carbocycles. The van der Waals surface area contributed by atoms with Crippen LogP contribution in [0.1, 0.15) is 27.9 Å². The summed E-state index contributed by atoms with van der Waals surface area (Å²) in [6.07, 6.45) is 3.21. The molecule has 0 bridgehead atoms. The third-order valence-corrected chi connectivity index (χ3v) is 4.81. The van der Waals surface area contributed by atoms with Crippen LogP contribution in [0.2, 0.25) is 5.15 Å². The smallest absolute Gasteiger partial charge is 0.248 e. The van der Waals surface area contributed by atoms with E-state index < -0.39 is 0 Å². The third kappa shape index (κ3) is 4.47. The van der Waals surface area contributed by atoms with E-state index in [0.29, 0.717) is 11.7 Å². The molecule has 3 aromatic rings. The van der Waals surface area contributed by atoms with Gasteiger partial charge in [0.2, 0.25) is 5.91 Å². The van der Waals surface area contributed by atoms with Crippen LogP contribution in [0.25, 0.3) is 6.08 Å². The fourth-order valence-electron chi connectivity index (χ4n) is 2.95. The van der Waals surface area contributed by atoms with Gasteiger partial charge < -0.3 is 5.32 Å². The van der Waals surface area contributed by atoms with Gasteiger partial charge in [-0.05, 0) is 43.5 Å². The van der Waals surface area contributed by atoms with Gasteiger partial charge in [0.15, 0.2) is 0 Å². The van der Waals surface area contributed by atoms with Crippen molar-refractivity contribution in [2.24, 2.45) is 0 Å². The summed E-state index contributed by atoms with van der Waals surface area (Å²) in [7, 11) is 0. The molecule has 0 aliphatic heterocycles. The number of aryl methyl sites for hydroxylation is 3. The first-order valence-corrected chi connectivity index (χ1v) is 9.15. The lowest BCUT2D eigenvalue weighted by Gasteiger charge is -2.09. The van der Waals surface area contributed by atoms with Gasteiger partial charge in [-0.2, -0.15) is 5.10 Å². The van der Waals surface area contributed by atoms with E-state index >= 15 is 0 Å². The Kier molecular flexibility index (Phi) is 5.77. The van der Waals surface area contributed by atoms with Gasteiger partial charge in [-0.3, -0.25) is 4.79 Å². The Morgan fingerprint density at radius 1 is 1.07 bits per heavy atom. The minimum Gasteiger partial charge on any atom is -0.322 e. The first-order valence-electron chi connectivity index (χ1n) is 8.78. The molecule has 1 N–H and O–H groups in total. The van der Waals surface area contributed by atoms with E-state index in [-0.39, 0.29) is 5.91 Å². The van der Waals surface area contributed by atoms with Crippen LogP contribution in [0.4, 0.5) is 5.69 Å². The van der Waals surface area contributed by atoms with Crippen LogP contribution in [-0.2, 0) is 11.3 Å². The molecule has 0 fully saturated rings. The van der Waals surface area contributed by atoms with Gasteiger partial charge in [-0.25, -0.2) is 4.68 Å². The van der Waals surface area contributed by atoms with Gasteiger partial charge in [0.1, 0.15) is 5.15 Å². The molecule has 0 saturated heterocycles. The van der Waals surface area contributed by atoms with Crippen molar-refractivity contribution in [3.8, 4) is 0 Å². The first kappa shape index (κ1) is 18.9. The van der Waals surface area contributed by atoms with Gasteiger partial charge in [0, 0.05) is 17.3 Å². The van der Waals surface area contributed by atoms with Gasteiger partial charge in [-0.15, -0.1) is 0 Å². The molecule has 0 aliphatic rings. The van der Waals surface area contributed by atoms with E-state index in [4.69, 9.17) is 11.6 Å². The predicted octanol–water partition coefficient (Wildman–Crippen LogP) is 5.16. The molecule has 138 valence electrons. The van der Waals surface area contributed by atoms with Crippen LogP contribution >= 0.6 is 11.6 Å². The number of anilines is 1. The lowest BCUT2D eigenvalue weighted by Crippen LogP contribution is -2.10. The topological polar surface area (TPSA) is 46.9 Å². The number of rotatable bonds is 5. The summed E-state index contributed by atoms with van der Waals surface area (Å²) in [6.45, 7) is 6.42. The second-order valence-electron chi connectivity index (χ2n) is 6.52. The molecule has 4 nitrogen and oxygen atoms in total. The van der Waals surface area contributed by atoms with Crippen LogP contribution < -0.4 is 5.32 Å². The van der Waals surface area contributed by atoms with Crippen LogP contribution in [0.15, 0.2) is 54.6 Å². The molecular weight excluding hydrogens is 358 g/mol. The zero-order valence-corrected chi connectivity index (χ0v) is 16.4. The van der Waals surface area contributed by atoms with Gasteiger partial charge in [-0.1, -0.05) is 60.1 Å². The summed E-state index contributed by atoms with van der Waals surface area (Å²) in [4.78, 5) is 12.3. The number of benzene rings is 2. The second-order valence-corrected chi connectivity index (χ2v) is 6.88. The summed E-state index contributed by atoms with van der Waals surface area (Å²) in [5, 5.41) is 7.96. The Bertz CT molecular complexity index is 970. The number of hydrogen-bond donors (Lipinski definition) is 1. The molecule has 0 unspecified atom stereocenters. The number of aromatic nitrogens is 2. The van der Waals surface area contributed by atoms with Crippen molar-refractivity contribution in [1.82, 2.24) is 9.78 Å². The molecule has 0 atom stereocenters. The lowest BCUT2D eigenvalue weighted by atomic mass is 10.1. The third-order valence-electron chi connectivity index (χ3n) is 4.42. The molecule has 3 rings (SSSR count). The highest BCUT2D eigenvalue weighted by molar-refractivity contribution is 6.31. The standard InChI is InChI=1S/C22H22ClN3O/c1-15-8-7-9-16(2)21(15)24-20(27)13-12-19-17(3)25-26(22(19)23)14-18-10-5-4-6-11-18/h4-13H,14H2,1-3H3,(H,24,27)/b13-12+. The van der Waals surface area contributed by atoms with Crippen molar-refractivity contribution in [3.63, 3.8) is 0 Å². The maximum Gasteiger partial charge on any atom is 0.248 e. The van der Waals surface area contributed by atoms with Crippen molar-refractivity contribution in [2.75, 3.05) is 5.32 Å². The molecule has 0 spiro atoms. The van der Waals surface area contributed by atoms with E-state index in [0.717, 1.165) is 33.6 Å². The summed E-state index contributed by atoms with van der Waals surface area (Å²) in [5.74, 6) is -0.196. The zero-order chi connectivity index (χ0) is 19.4. The number of amides is 1. The number of halogens is 1. The monoisotopic (exact) mass is 379 g/mol. The average Bonchev–Trinajstić information content (AvgIpc) is 2.91. The number of carbonyl (C=O) groups excluding carboxylic acids is 1. The van der Waals surface area contributed by atoms with E-state index in [2.05, 4.69) is 10.4 Å². The van der Waals surface area contributed by atoms with Gasteiger partial charge >= 0.3 is 0 Å². The normalized spacial score (nSPS) is 11.1. The Labute approximate surface area is 164 Å². The Morgan fingerprint density at radius 2 is 1.74 bits per heavy atom. The minimum absolute atomic E-state index is 0.196. The highest BCUT2D eigenvalue weighted by atomic mass is 35.5. The summed E-state index contributed by atoms with van der Waals surface area (Å²) >= 11 is 6.49. The van der Waals surface area contributed by atoms with Crippen LogP contribution in [-0.4, -0.2) is 15.7 Å². The molecule has 1 aromatic heterocycles. The molecule has 2 aromatic carbocycles. The minimum atomic E-state index is -0.196. The molecular formula is C22H22ClN3O. The van der Waals surface area contributed by atoms with Crippen molar-refractivity contribution < 1.29 is 4.79 Å². The van der Waals surface area contributed by atoms with Gasteiger partial charge in [0.05, 0.1) is 12.2 Å². The highest BCUT2D eigenvalue weighted by Crippen LogP contribution is 2.23. The summed E-state index contributed by atoms with van der Waals surface area (Å²) < 4.78 is 1.75. The molecule has 1 amide bonds.